The smallest absolute Gasteiger partial charge is 0.240 e. The lowest BCUT2D eigenvalue weighted by molar-refractivity contribution is -0.134. The molecule has 0 radical (unpaired) electrons. The number of carbonyl (C=O) groups excluding carboxylic acids is 1. The lowest BCUT2D eigenvalue weighted by Crippen LogP contribution is -2.44. The van der Waals surface area contributed by atoms with Crippen LogP contribution in [0.2, 0.25) is 0 Å². The van der Waals surface area contributed by atoms with E-state index in [2.05, 4.69) is 0 Å². The minimum Gasteiger partial charge on any atom is -0.334 e. The number of benzene rings is 1. The highest BCUT2D eigenvalue weighted by Crippen LogP contribution is 2.29. The predicted octanol–water partition coefficient (Wildman–Crippen LogP) is 2.87. The van der Waals surface area contributed by atoms with Crippen LogP contribution in [0.1, 0.15) is 38.2 Å². The van der Waals surface area contributed by atoms with Gasteiger partial charge in [0, 0.05) is 12.6 Å². The normalized spacial score (nSPS) is 15.3. The zero-order valence-electron chi connectivity index (χ0n) is 11.7. The highest BCUT2D eigenvalue weighted by molar-refractivity contribution is 5.85. The minimum atomic E-state index is -0.431. The van der Waals surface area contributed by atoms with Crippen LogP contribution in [0, 0.1) is 5.82 Å². The molecular weight excluding hydrogens is 279 g/mol. The summed E-state index contributed by atoms with van der Waals surface area (Å²) in [4.78, 5) is 14.1. The van der Waals surface area contributed by atoms with E-state index < -0.39 is 6.04 Å². The molecule has 112 valence electrons. The van der Waals surface area contributed by atoms with Crippen molar-refractivity contribution in [1.82, 2.24) is 4.90 Å². The number of hydrogen-bond acceptors (Lipinski definition) is 2. The maximum absolute atomic E-state index is 13.2. The summed E-state index contributed by atoms with van der Waals surface area (Å²) in [6, 6.07) is 6.27. The first-order valence-corrected chi connectivity index (χ1v) is 6.92. The molecule has 0 aliphatic heterocycles. The molecule has 2 N–H and O–H groups in total. The molecule has 0 spiro atoms. The van der Waals surface area contributed by atoms with Crippen LogP contribution >= 0.6 is 12.4 Å². The summed E-state index contributed by atoms with van der Waals surface area (Å²) < 4.78 is 13.2. The molecule has 1 aliphatic carbocycles. The second-order valence-electron chi connectivity index (χ2n) is 5.22. The molecule has 1 atom stereocenters. The van der Waals surface area contributed by atoms with Gasteiger partial charge in [0.25, 0.3) is 0 Å². The molecule has 1 fully saturated rings. The summed E-state index contributed by atoms with van der Waals surface area (Å²) in [5, 5.41) is 0. The number of hydrogen-bond donors (Lipinski definition) is 1. The second-order valence-corrected chi connectivity index (χ2v) is 5.22. The molecule has 2 rings (SSSR count). The van der Waals surface area contributed by atoms with Crippen LogP contribution in [0.3, 0.4) is 0 Å². The Kier molecular flexibility index (Phi) is 6.43. The Morgan fingerprint density at radius 1 is 1.50 bits per heavy atom. The van der Waals surface area contributed by atoms with Crippen molar-refractivity contribution in [2.24, 2.45) is 5.73 Å². The minimum absolute atomic E-state index is 0. The van der Waals surface area contributed by atoms with Crippen LogP contribution in [-0.2, 0) is 11.3 Å². The molecule has 0 bridgehead atoms. The SMILES string of the molecule is CCCC(N)C(=O)N(Cc1cccc(F)c1)C1CC1.Cl. The number of rotatable bonds is 6. The van der Waals surface area contributed by atoms with E-state index in [1.165, 1.54) is 12.1 Å². The zero-order valence-corrected chi connectivity index (χ0v) is 12.5. The Bertz CT molecular complexity index is 451. The second kappa shape index (κ2) is 7.60. The van der Waals surface area contributed by atoms with Gasteiger partial charge in [0.2, 0.25) is 5.91 Å². The van der Waals surface area contributed by atoms with Gasteiger partial charge in [0.15, 0.2) is 0 Å². The maximum Gasteiger partial charge on any atom is 0.240 e. The van der Waals surface area contributed by atoms with Gasteiger partial charge in [-0.05, 0) is 37.0 Å². The van der Waals surface area contributed by atoms with Crippen molar-refractivity contribution in [2.45, 2.75) is 51.2 Å². The van der Waals surface area contributed by atoms with Gasteiger partial charge in [-0.3, -0.25) is 4.79 Å². The number of carbonyl (C=O) groups is 1. The molecule has 1 aromatic carbocycles. The molecular formula is C15H22ClFN2O. The molecule has 1 aliphatic rings. The van der Waals surface area contributed by atoms with Crippen molar-refractivity contribution in [1.29, 1.82) is 0 Å². The molecule has 0 saturated heterocycles. The zero-order chi connectivity index (χ0) is 13.8. The van der Waals surface area contributed by atoms with Crippen molar-refractivity contribution in [3.63, 3.8) is 0 Å². The summed E-state index contributed by atoms with van der Waals surface area (Å²) in [5.74, 6) is -0.271. The Labute approximate surface area is 125 Å². The first-order valence-electron chi connectivity index (χ1n) is 6.92. The Balaban J connectivity index is 0.00000200. The molecule has 3 nitrogen and oxygen atoms in total. The van der Waals surface area contributed by atoms with Gasteiger partial charge in [-0.1, -0.05) is 25.5 Å². The van der Waals surface area contributed by atoms with Gasteiger partial charge >= 0.3 is 0 Å². The van der Waals surface area contributed by atoms with Crippen molar-refractivity contribution in [3.05, 3.63) is 35.6 Å². The van der Waals surface area contributed by atoms with Gasteiger partial charge in [-0.25, -0.2) is 4.39 Å². The molecule has 0 aromatic heterocycles. The summed E-state index contributed by atoms with van der Waals surface area (Å²) >= 11 is 0. The molecule has 5 heteroatoms. The van der Waals surface area contributed by atoms with Gasteiger partial charge in [0.05, 0.1) is 6.04 Å². The summed E-state index contributed by atoms with van der Waals surface area (Å²) in [7, 11) is 0. The number of nitrogens with zero attached hydrogens (tertiary/aromatic N) is 1. The van der Waals surface area contributed by atoms with Crippen molar-refractivity contribution in [2.75, 3.05) is 0 Å². The van der Waals surface area contributed by atoms with Gasteiger partial charge < -0.3 is 10.6 Å². The summed E-state index contributed by atoms with van der Waals surface area (Å²) in [6.07, 6.45) is 3.65. The van der Waals surface area contributed by atoms with E-state index >= 15 is 0 Å². The molecule has 1 aromatic rings. The van der Waals surface area contributed by atoms with Crippen LogP contribution < -0.4 is 5.73 Å². The van der Waals surface area contributed by atoms with E-state index in [-0.39, 0.29) is 24.1 Å². The van der Waals surface area contributed by atoms with Crippen LogP contribution in [0.25, 0.3) is 0 Å². The van der Waals surface area contributed by atoms with Crippen molar-refractivity contribution >= 4 is 18.3 Å². The lowest BCUT2D eigenvalue weighted by atomic mass is 10.1. The summed E-state index contributed by atoms with van der Waals surface area (Å²) in [5.41, 5.74) is 6.74. The van der Waals surface area contributed by atoms with E-state index in [0.717, 1.165) is 24.8 Å². The third-order valence-corrected chi connectivity index (χ3v) is 3.43. The molecule has 1 unspecified atom stereocenters. The Morgan fingerprint density at radius 2 is 2.20 bits per heavy atom. The van der Waals surface area contributed by atoms with E-state index in [1.807, 2.05) is 17.9 Å². The number of amides is 1. The van der Waals surface area contributed by atoms with Gasteiger partial charge in [0.1, 0.15) is 5.82 Å². The Hall–Kier alpha value is -1.13. The number of halogens is 2. The first-order chi connectivity index (χ1) is 9.11. The van der Waals surface area contributed by atoms with Crippen LogP contribution in [0.15, 0.2) is 24.3 Å². The number of nitrogens with two attached hydrogens (primary N) is 1. The van der Waals surface area contributed by atoms with Crippen LogP contribution in [0.5, 0.6) is 0 Å². The standard InChI is InChI=1S/C15H21FN2O.ClH/c1-2-4-14(17)15(19)18(13-7-8-13)10-11-5-3-6-12(16)9-11;/h3,5-6,9,13-14H,2,4,7-8,10,17H2,1H3;1H. The van der Waals surface area contributed by atoms with E-state index in [1.54, 1.807) is 6.07 Å². The monoisotopic (exact) mass is 300 g/mol. The highest BCUT2D eigenvalue weighted by atomic mass is 35.5. The molecule has 20 heavy (non-hydrogen) atoms. The first kappa shape index (κ1) is 16.9. The highest BCUT2D eigenvalue weighted by Gasteiger charge is 2.34. The fraction of sp³-hybridized carbons (Fsp3) is 0.533. The quantitative estimate of drug-likeness (QED) is 0.878. The largest absolute Gasteiger partial charge is 0.334 e. The van der Waals surface area contributed by atoms with E-state index in [0.29, 0.717) is 19.0 Å². The fourth-order valence-electron chi connectivity index (χ4n) is 2.25. The third-order valence-electron chi connectivity index (χ3n) is 3.43. The predicted molar refractivity (Wildman–Crippen MR) is 80.1 cm³/mol. The van der Waals surface area contributed by atoms with Gasteiger partial charge in [-0.15, -0.1) is 12.4 Å². The van der Waals surface area contributed by atoms with Crippen LogP contribution in [-0.4, -0.2) is 22.9 Å². The average molecular weight is 301 g/mol. The van der Waals surface area contributed by atoms with E-state index in [4.69, 9.17) is 5.73 Å². The summed E-state index contributed by atoms with van der Waals surface area (Å²) in [6.45, 7) is 2.47. The fourth-order valence-corrected chi connectivity index (χ4v) is 2.25. The average Bonchev–Trinajstić information content (AvgIpc) is 3.20. The maximum atomic E-state index is 13.2. The molecule has 1 saturated carbocycles. The van der Waals surface area contributed by atoms with Crippen molar-refractivity contribution in [3.8, 4) is 0 Å². The molecule has 1 amide bonds. The Morgan fingerprint density at radius 3 is 2.75 bits per heavy atom. The van der Waals surface area contributed by atoms with E-state index in [9.17, 15) is 9.18 Å². The lowest BCUT2D eigenvalue weighted by Gasteiger charge is -2.25. The van der Waals surface area contributed by atoms with Gasteiger partial charge in [-0.2, -0.15) is 0 Å². The van der Waals surface area contributed by atoms with Crippen molar-refractivity contribution < 1.29 is 9.18 Å². The van der Waals surface area contributed by atoms with Crippen LogP contribution in [0.4, 0.5) is 4.39 Å². The topological polar surface area (TPSA) is 46.3 Å². The third kappa shape index (κ3) is 4.46. The molecule has 0 heterocycles.